The Morgan fingerprint density at radius 2 is 1.55 bits per heavy atom. The summed E-state index contributed by atoms with van der Waals surface area (Å²) in [6, 6.07) is 0.572. The summed E-state index contributed by atoms with van der Waals surface area (Å²) in [5, 5.41) is 3.43. The lowest BCUT2D eigenvalue weighted by Gasteiger charge is -2.35. The zero-order valence-corrected chi connectivity index (χ0v) is 13.7. The van der Waals surface area contributed by atoms with E-state index in [0.717, 1.165) is 19.6 Å². The van der Waals surface area contributed by atoms with Gasteiger partial charge in [-0.05, 0) is 13.0 Å². The molecule has 120 valence electrons. The van der Waals surface area contributed by atoms with Crippen LogP contribution in [0, 0.1) is 0 Å². The molecule has 1 heterocycles. The van der Waals surface area contributed by atoms with E-state index in [2.05, 4.69) is 17.1 Å². The van der Waals surface area contributed by atoms with E-state index < -0.39 is 0 Å². The molecule has 0 bridgehead atoms. The highest BCUT2D eigenvalue weighted by molar-refractivity contribution is 4.80. The van der Waals surface area contributed by atoms with Gasteiger partial charge in [0.1, 0.15) is 0 Å². The molecule has 3 N–H and O–H groups in total. The molecule has 1 unspecified atom stereocenters. The van der Waals surface area contributed by atoms with Gasteiger partial charge in [0.25, 0.3) is 0 Å². The van der Waals surface area contributed by atoms with Crippen LogP contribution in [-0.2, 0) is 0 Å². The molecule has 0 saturated carbocycles. The highest BCUT2D eigenvalue weighted by atomic mass is 15.2. The van der Waals surface area contributed by atoms with Gasteiger partial charge in [0, 0.05) is 32.2 Å². The van der Waals surface area contributed by atoms with E-state index in [9.17, 15) is 0 Å². The van der Waals surface area contributed by atoms with E-state index >= 15 is 0 Å². The smallest absolute Gasteiger partial charge is 0.0343 e. The number of nitrogens with two attached hydrogens (primary N) is 1. The molecule has 3 heteroatoms. The predicted molar refractivity (Wildman–Crippen MR) is 89.1 cm³/mol. The minimum absolute atomic E-state index is 0.572. The van der Waals surface area contributed by atoms with Crippen LogP contribution >= 0.6 is 0 Å². The first-order valence-electron chi connectivity index (χ1n) is 9.03. The van der Waals surface area contributed by atoms with Crippen LogP contribution in [0.15, 0.2) is 0 Å². The van der Waals surface area contributed by atoms with Gasteiger partial charge in [-0.1, -0.05) is 64.7 Å². The van der Waals surface area contributed by atoms with Gasteiger partial charge in [-0.3, -0.25) is 4.90 Å². The monoisotopic (exact) mass is 283 g/mol. The summed E-state index contributed by atoms with van der Waals surface area (Å²) in [6.07, 6.45) is 14.2. The van der Waals surface area contributed by atoms with E-state index in [-0.39, 0.29) is 0 Å². The lowest BCUT2D eigenvalue weighted by atomic mass is 10.1. The molecule has 0 amide bonds. The van der Waals surface area contributed by atoms with Crippen molar-refractivity contribution in [3.05, 3.63) is 0 Å². The zero-order chi connectivity index (χ0) is 14.5. The number of unbranched alkanes of at least 4 members (excludes halogenated alkanes) is 9. The van der Waals surface area contributed by atoms with E-state index in [1.54, 1.807) is 0 Å². The Labute approximate surface area is 126 Å². The van der Waals surface area contributed by atoms with Crippen LogP contribution in [0.5, 0.6) is 0 Å². The van der Waals surface area contributed by atoms with Crippen LogP contribution < -0.4 is 11.1 Å². The van der Waals surface area contributed by atoms with Gasteiger partial charge < -0.3 is 11.1 Å². The fourth-order valence-corrected chi connectivity index (χ4v) is 3.13. The van der Waals surface area contributed by atoms with Gasteiger partial charge in [0.05, 0.1) is 0 Å². The standard InChI is InChI=1S/C17H37N3/c1-2-3-4-5-6-7-8-9-10-11-13-20-14-12-19-16-17(20)15-18/h17,19H,2-16,18H2,1H3. The molecule has 20 heavy (non-hydrogen) atoms. The SMILES string of the molecule is CCCCCCCCCCCCN1CCNCC1CN. The summed E-state index contributed by atoms with van der Waals surface area (Å²) >= 11 is 0. The molecule has 1 fully saturated rings. The van der Waals surface area contributed by atoms with Crippen LogP contribution in [-0.4, -0.2) is 43.7 Å². The van der Waals surface area contributed by atoms with Crippen molar-refractivity contribution in [1.82, 2.24) is 10.2 Å². The molecule has 0 aromatic heterocycles. The van der Waals surface area contributed by atoms with Crippen molar-refractivity contribution in [2.75, 3.05) is 32.7 Å². The van der Waals surface area contributed by atoms with E-state index in [0.29, 0.717) is 6.04 Å². The molecule has 0 radical (unpaired) electrons. The van der Waals surface area contributed by atoms with Crippen molar-refractivity contribution < 1.29 is 0 Å². The third kappa shape index (κ3) is 8.23. The second-order valence-corrected chi connectivity index (χ2v) is 6.31. The molecule has 3 nitrogen and oxygen atoms in total. The van der Waals surface area contributed by atoms with Gasteiger partial charge in [-0.25, -0.2) is 0 Å². The second-order valence-electron chi connectivity index (χ2n) is 6.31. The number of nitrogens with one attached hydrogen (secondary N) is 1. The Bertz CT molecular complexity index is 208. The van der Waals surface area contributed by atoms with Gasteiger partial charge >= 0.3 is 0 Å². The average Bonchev–Trinajstić information content (AvgIpc) is 2.49. The maximum atomic E-state index is 5.83. The van der Waals surface area contributed by atoms with E-state index in [1.165, 1.54) is 77.3 Å². The molecule has 0 aliphatic carbocycles. The fourth-order valence-electron chi connectivity index (χ4n) is 3.13. The quantitative estimate of drug-likeness (QED) is 0.541. The predicted octanol–water partition coefficient (Wildman–Crippen LogP) is 3.14. The Kier molecular flexibility index (Phi) is 11.3. The second kappa shape index (κ2) is 12.6. The summed E-state index contributed by atoms with van der Waals surface area (Å²) in [4.78, 5) is 2.58. The van der Waals surface area contributed by atoms with Crippen LogP contribution in [0.3, 0.4) is 0 Å². The molecule has 0 aromatic carbocycles. The lowest BCUT2D eigenvalue weighted by Crippen LogP contribution is -2.54. The fraction of sp³-hybridized carbons (Fsp3) is 1.00. The maximum absolute atomic E-state index is 5.83. The van der Waals surface area contributed by atoms with Crippen LogP contribution in [0.1, 0.15) is 71.1 Å². The minimum atomic E-state index is 0.572. The van der Waals surface area contributed by atoms with Crippen molar-refractivity contribution >= 4 is 0 Å². The zero-order valence-electron chi connectivity index (χ0n) is 13.7. The van der Waals surface area contributed by atoms with Crippen LogP contribution in [0.25, 0.3) is 0 Å². The highest BCUT2D eigenvalue weighted by Crippen LogP contribution is 2.11. The van der Waals surface area contributed by atoms with Crippen molar-refractivity contribution in [3.63, 3.8) is 0 Å². The van der Waals surface area contributed by atoms with Crippen molar-refractivity contribution in [2.24, 2.45) is 5.73 Å². The Morgan fingerprint density at radius 1 is 0.950 bits per heavy atom. The first kappa shape index (κ1) is 17.9. The van der Waals surface area contributed by atoms with Crippen LogP contribution in [0.4, 0.5) is 0 Å². The molecule has 1 aliphatic rings. The number of nitrogens with zero attached hydrogens (tertiary/aromatic N) is 1. The summed E-state index contributed by atoms with van der Waals surface area (Å²) in [5.41, 5.74) is 5.83. The molecular weight excluding hydrogens is 246 g/mol. The normalized spacial score (nSPS) is 20.4. The van der Waals surface area contributed by atoms with Crippen molar-refractivity contribution in [2.45, 2.75) is 77.2 Å². The third-order valence-corrected chi connectivity index (χ3v) is 4.54. The molecule has 1 rings (SSSR count). The Morgan fingerprint density at radius 3 is 2.15 bits per heavy atom. The maximum Gasteiger partial charge on any atom is 0.0343 e. The first-order chi connectivity index (χ1) is 9.88. The summed E-state index contributed by atoms with van der Waals surface area (Å²) in [5.74, 6) is 0. The average molecular weight is 284 g/mol. The summed E-state index contributed by atoms with van der Waals surface area (Å²) in [6.45, 7) is 7.72. The number of hydrogen-bond donors (Lipinski definition) is 2. The summed E-state index contributed by atoms with van der Waals surface area (Å²) in [7, 11) is 0. The van der Waals surface area contributed by atoms with Gasteiger partial charge in [0.15, 0.2) is 0 Å². The number of hydrogen-bond acceptors (Lipinski definition) is 3. The van der Waals surface area contributed by atoms with Crippen LogP contribution in [0.2, 0.25) is 0 Å². The van der Waals surface area contributed by atoms with Gasteiger partial charge in [0.2, 0.25) is 0 Å². The van der Waals surface area contributed by atoms with E-state index in [1.807, 2.05) is 0 Å². The largest absolute Gasteiger partial charge is 0.329 e. The minimum Gasteiger partial charge on any atom is -0.329 e. The first-order valence-corrected chi connectivity index (χ1v) is 9.03. The van der Waals surface area contributed by atoms with Crippen molar-refractivity contribution in [3.8, 4) is 0 Å². The molecule has 0 spiro atoms. The molecular formula is C17H37N3. The van der Waals surface area contributed by atoms with E-state index in [4.69, 9.17) is 5.73 Å². The molecule has 1 atom stereocenters. The number of piperazine rings is 1. The lowest BCUT2D eigenvalue weighted by molar-refractivity contribution is 0.162. The Hall–Kier alpha value is -0.120. The molecule has 1 saturated heterocycles. The van der Waals surface area contributed by atoms with Gasteiger partial charge in [-0.2, -0.15) is 0 Å². The third-order valence-electron chi connectivity index (χ3n) is 4.54. The highest BCUT2D eigenvalue weighted by Gasteiger charge is 2.19. The molecule has 1 aliphatic heterocycles. The topological polar surface area (TPSA) is 41.3 Å². The molecule has 0 aromatic rings. The Balaban J connectivity index is 1.86. The van der Waals surface area contributed by atoms with Gasteiger partial charge in [-0.15, -0.1) is 0 Å². The number of rotatable bonds is 12. The van der Waals surface area contributed by atoms with Crippen molar-refractivity contribution in [1.29, 1.82) is 0 Å². The summed E-state index contributed by atoms with van der Waals surface area (Å²) < 4.78 is 0.